The van der Waals surface area contributed by atoms with Crippen LogP contribution in [0.3, 0.4) is 0 Å². The smallest absolute Gasteiger partial charge is 0.337 e. The molecule has 1 aromatic rings. The van der Waals surface area contributed by atoms with E-state index in [0.29, 0.717) is 12.0 Å². The number of esters is 1. The molecule has 0 saturated carbocycles. The fraction of sp³-hybridized carbons (Fsp3) is 0.308. The van der Waals surface area contributed by atoms with Gasteiger partial charge in [-0.25, -0.2) is 4.79 Å². The van der Waals surface area contributed by atoms with E-state index < -0.39 is 5.97 Å². The van der Waals surface area contributed by atoms with Crippen LogP contribution in [-0.2, 0) is 16.0 Å². The first-order valence-corrected chi connectivity index (χ1v) is 5.16. The fourth-order valence-corrected chi connectivity index (χ4v) is 2.04. The zero-order chi connectivity index (χ0) is 11.9. The lowest BCUT2D eigenvalue weighted by Crippen LogP contribution is -2.06. The van der Waals surface area contributed by atoms with E-state index in [0.717, 1.165) is 22.3 Å². The monoisotopic (exact) mass is 218 g/mol. The molecular weight excluding hydrogens is 204 g/mol. The Bertz CT molecular complexity index is 498. The number of fused-ring (bicyclic) bond motifs is 1. The number of methoxy groups -OCH3 is 1. The Hall–Kier alpha value is -1.77. The Morgan fingerprint density at radius 3 is 2.69 bits per heavy atom. The maximum absolute atomic E-state index is 11.4. The number of carbonyl (C=O) groups is 1. The first-order valence-electron chi connectivity index (χ1n) is 5.16. The number of aliphatic hydroxyl groups is 1. The summed E-state index contributed by atoms with van der Waals surface area (Å²) in [6.45, 7) is 4.02. The van der Waals surface area contributed by atoms with E-state index in [1.54, 1.807) is 0 Å². The van der Waals surface area contributed by atoms with E-state index in [2.05, 4.69) is 4.74 Å². The van der Waals surface area contributed by atoms with Gasteiger partial charge < -0.3 is 9.84 Å². The second-order valence-corrected chi connectivity index (χ2v) is 4.03. The first kappa shape index (κ1) is 10.7. The SMILES string of the molecule is COC(=O)C1=C(O)c2ccc(C)c(C)c2C1. The maximum Gasteiger partial charge on any atom is 0.337 e. The van der Waals surface area contributed by atoms with Crippen LogP contribution in [0, 0.1) is 13.8 Å². The number of hydrogen-bond acceptors (Lipinski definition) is 3. The summed E-state index contributed by atoms with van der Waals surface area (Å²) in [5.41, 5.74) is 4.42. The average Bonchev–Trinajstić information content (AvgIpc) is 2.61. The molecule has 0 aromatic heterocycles. The number of aryl methyl sites for hydroxylation is 1. The van der Waals surface area contributed by atoms with Crippen LogP contribution >= 0.6 is 0 Å². The van der Waals surface area contributed by atoms with Gasteiger partial charge in [0.05, 0.1) is 12.7 Å². The lowest BCUT2D eigenvalue weighted by atomic mass is 9.98. The van der Waals surface area contributed by atoms with Crippen molar-refractivity contribution in [1.29, 1.82) is 0 Å². The lowest BCUT2D eigenvalue weighted by Gasteiger charge is -2.07. The van der Waals surface area contributed by atoms with E-state index in [9.17, 15) is 9.90 Å². The van der Waals surface area contributed by atoms with Gasteiger partial charge in [0, 0.05) is 12.0 Å². The molecule has 1 N–H and O–H groups in total. The molecule has 0 radical (unpaired) electrons. The van der Waals surface area contributed by atoms with Crippen molar-refractivity contribution >= 4 is 11.7 Å². The predicted octanol–water partition coefficient (Wildman–Crippen LogP) is 2.30. The maximum atomic E-state index is 11.4. The Morgan fingerprint density at radius 1 is 1.38 bits per heavy atom. The largest absolute Gasteiger partial charge is 0.507 e. The first-order chi connectivity index (χ1) is 7.56. The van der Waals surface area contributed by atoms with Crippen LogP contribution in [0.25, 0.3) is 5.76 Å². The molecule has 0 unspecified atom stereocenters. The Kier molecular flexibility index (Phi) is 2.46. The van der Waals surface area contributed by atoms with Crippen molar-refractivity contribution in [3.8, 4) is 0 Å². The van der Waals surface area contributed by atoms with Gasteiger partial charge in [-0.3, -0.25) is 0 Å². The van der Waals surface area contributed by atoms with Gasteiger partial charge in [0.15, 0.2) is 0 Å². The second kappa shape index (κ2) is 3.67. The van der Waals surface area contributed by atoms with Gasteiger partial charge >= 0.3 is 5.97 Å². The highest BCUT2D eigenvalue weighted by Gasteiger charge is 2.28. The van der Waals surface area contributed by atoms with Gasteiger partial charge in [0.2, 0.25) is 0 Å². The van der Waals surface area contributed by atoms with Crippen molar-refractivity contribution in [1.82, 2.24) is 0 Å². The summed E-state index contributed by atoms with van der Waals surface area (Å²) in [4.78, 5) is 11.4. The highest BCUT2D eigenvalue weighted by Crippen LogP contribution is 2.34. The van der Waals surface area contributed by atoms with Crippen LogP contribution in [0.5, 0.6) is 0 Å². The zero-order valence-electron chi connectivity index (χ0n) is 9.63. The molecule has 2 rings (SSSR count). The lowest BCUT2D eigenvalue weighted by molar-refractivity contribution is -0.136. The van der Waals surface area contributed by atoms with E-state index in [1.807, 2.05) is 26.0 Å². The molecule has 1 aliphatic rings. The summed E-state index contributed by atoms with van der Waals surface area (Å²) in [6, 6.07) is 3.80. The van der Waals surface area contributed by atoms with Crippen molar-refractivity contribution in [2.24, 2.45) is 0 Å². The number of hydrogen-bond donors (Lipinski definition) is 1. The van der Waals surface area contributed by atoms with Crippen molar-refractivity contribution in [3.63, 3.8) is 0 Å². The molecule has 0 amide bonds. The molecule has 0 saturated heterocycles. The van der Waals surface area contributed by atoms with E-state index >= 15 is 0 Å². The van der Waals surface area contributed by atoms with Gasteiger partial charge in [-0.05, 0) is 30.5 Å². The summed E-state index contributed by atoms with van der Waals surface area (Å²) < 4.78 is 4.65. The molecule has 0 bridgehead atoms. The molecule has 0 heterocycles. The third kappa shape index (κ3) is 1.40. The predicted molar refractivity (Wildman–Crippen MR) is 61.2 cm³/mol. The van der Waals surface area contributed by atoms with E-state index in [1.165, 1.54) is 7.11 Å². The molecule has 1 aromatic carbocycles. The summed E-state index contributed by atoms with van der Waals surface area (Å²) in [7, 11) is 1.32. The minimum Gasteiger partial charge on any atom is -0.507 e. The van der Waals surface area contributed by atoms with E-state index in [4.69, 9.17) is 0 Å². The summed E-state index contributed by atoms with van der Waals surface area (Å²) in [5.74, 6) is -0.393. The van der Waals surface area contributed by atoms with Crippen LogP contribution in [0.4, 0.5) is 0 Å². The number of benzene rings is 1. The number of carbonyl (C=O) groups excluding carboxylic acids is 1. The minimum absolute atomic E-state index is 0.0601. The summed E-state index contributed by atoms with van der Waals surface area (Å²) >= 11 is 0. The minimum atomic E-state index is -0.453. The van der Waals surface area contributed by atoms with Gasteiger partial charge in [0.1, 0.15) is 5.76 Å². The Balaban J connectivity index is 2.52. The molecular formula is C13H14O3. The summed E-state index contributed by atoms with van der Waals surface area (Å²) in [6.07, 6.45) is 0.460. The fourth-order valence-electron chi connectivity index (χ4n) is 2.04. The molecule has 0 fully saturated rings. The van der Waals surface area contributed by atoms with E-state index in [-0.39, 0.29) is 5.76 Å². The molecule has 0 aliphatic heterocycles. The van der Waals surface area contributed by atoms with Crippen molar-refractivity contribution < 1.29 is 14.6 Å². The number of aliphatic hydroxyl groups excluding tert-OH is 1. The zero-order valence-corrected chi connectivity index (χ0v) is 9.63. The Morgan fingerprint density at radius 2 is 2.06 bits per heavy atom. The quantitative estimate of drug-likeness (QED) is 0.736. The topological polar surface area (TPSA) is 46.5 Å². The molecule has 3 nitrogen and oxygen atoms in total. The highest BCUT2D eigenvalue weighted by atomic mass is 16.5. The molecule has 84 valence electrons. The van der Waals surface area contributed by atoms with Gasteiger partial charge in [-0.15, -0.1) is 0 Å². The highest BCUT2D eigenvalue weighted by molar-refractivity contribution is 5.99. The second-order valence-electron chi connectivity index (χ2n) is 4.03. The van der Waals surface area contributed by atoms with Crippen LogP contribution in [0.2, 0.25) is 0 Å². The van der Waals surface area contributed by atoms with Crippen LogP contribution in [-0.4, -0.2) is 18.2 Å². The standard InChI is InChI=1S/C13H14O3/c1-7-4-5-9-10(8(7)2)6-11(12(9)14)13(15)16-3/h4-5,14H,6H2,1-3H3. The number of rotatable bonds is 1. The van der Waals surface area contributed by atoms with Crippen LogP contribution < -0.4 is 0 Å². The third-order valence-corrected chi connectivity index (χ3v) is 3.20. The third-order valence-electron chi connectivity index (χ3n) is 3.20. The molecule has 16 heavy (non-hydrogen) atoms. The van der Waals surface area contributed by atoms with Crippen molar-refractivity contribution in [2.75, 3.05) is 7.11 Å². The molecule has 0 spiro atoms. The molecule has 0 atom stereocenters. The van der Waals surface area contributed by atoms with Crippen LogP contribution in [0.1, 0.15) is 22.3 Å². The average molecular weight is 218 g/mol. The van der Waals surface area contributed by atoms with Crippen molar-refractivity contribution in [3.05, 3.63) is 40.0 Å². The molecule has 3 heteroatoms. The normalized spacial score (nSPS) is 13.9. The molecule has 1 aliphatic carbocycles. The summed E-state index contributed by atoms with van der Waals surface area (Å²) in [5, 5.41) is 9.94. The van der Waals surface area contributed by atoms with Crippen molar-refractivity contribution in [2.45, 2.75) is 20.3 Å². The Labute approximate surface area is 94.4 Å². The van der Waals surface area contributed by atoms with Gasteiger partial charge in [-0.2, -0.15) is 0 Å². The number of ether oxygens (including phenoxy) is 1. The van der Waals surface area contributed by atoms with Crippen LogP contribution in [0.15, 0.2) is 17.7 Å². The van der Waals surface area contributed by atoms with Gasteiger partial charge in [0.25, 0.3) is 0 Å². The van der Waals surface area contributed by atoms with Gasteiger partial charge in [-0.1, -0.05) is 12.1 Å².